The van der Waals surface area contributed by atoms with Crippen molar-refractivity contribution in [2.45, 2.75) is 50.8 Å². The minimum atomic E-state index is -4.02. The summed E-state index contributed by atoms with van der Waals surface area (Å²) in [6.07, 6.45) is 3.19. The van der Waals surface area contributed by atoms with Gasteiger partial charge in [-0.3, -0.25) is 4.72 Å². The maximum Gasteiger partial charge on any atom is 0.264 e. The van der Waals surface area contributed by atoms with E-state index in [1.54, 1.807) is 26.8 Å². The number of anilines is 1. The number of benzene rings is 1. The molecular formula is C19H21FN4O3S. The predicted molar refractivity (Wildman–Crippen MR) is 102 cm³/mol. The molecule has 1 saturated carbocycles. The molecule has 0 spiro atoms. The highest BCUT2D eigenvalue weighted by Crippen LogP contribution is 2.37. The van der Waals surface area contributed by atoms with Crippen molar-refractivity contribution in [2.24, 2.45) is 0 Å². The molecule has 1 aromatic carbocycles. The van der Waals surface area contributed by atoms with Crippen LogP contribution in [0.2, 0.25) is 0 Å². The number of H-pyrrole nitrogens is 1. The molecule has 0 atom stereocenters. The summed E-state index contributed by atoms with van der Waals surface area (Å²) in [5.41, 5.74) is 1.97. The number of nitrogens with zero attached hydrogens (tertiary/aromatic N) is 2. The zero-order valence-corrected chi connectivity index (χ0v) is 16.7. The van der Waals surface area contributed by atoms with Crippen molar-refractivity contribution in [2.75, 3.05) is 4.72 Å². The quantitative estimate of drug-likeness (QED) is 0.664. The average molecular weight is 404 g/mol. The van der Waals surface area contributed by atoms with Crippen molar-refractivity contribution in [3.05, 3.63) is 46.7 Å². The van der Waals surface area contributed by atoms with Gasteiger partial charge in [-0.25, -0.2) is 12.8 Å². The zero-order valence-electron chi connectivity index (χ0n) is 15.8. The van der Waals surface area contributed by atoms with E-state index in [0.717, 1.165) is 24.8 Å². The van der Waals surface area contributed by atoms with Crippen molar-refractivity contribution < 1.29 is 17.2 Å². The van der Waals surface area contributed by atoms with Crippen molar-refractivity contribution in [3.8, 4) is 11.6 Å². The molecule has 2 heterocycles. The van der Waals surface area contributed by atoms with E-state index in [2.05, 4.69) is 19.9 Å². The van der Waals surface area contributed by atoms with Crippen molar-refractivity contribution in [3.63, 3.8) is 0 Å². The molecule has 28 heavy (non-hydrogen) atoms. The number of sulfonamides is 1. The van der Waals surface area contributed by atoms with Gasteiger partial charge in [-0.2, -0.15) is 0 Å². The molecule has 0 amide bonds. The smallest absolute Gasteiger partial charge is 0.264 e. The van der Waals surface area contributed by atoms with E-state index in [0.29, 0.717) is 22.8 Å². The first-order valence-corrected chi connectivity index (χ1v) is 10.6. The normalized spacial score (nSPS) is 14.9. The first-order chi connectivity index (χ1) is 13.3. The summed E-state index contributed by atoms with van der Waals surface area (Å²) in [5.74, 6) is 0.483. The largest absolute Gasteiger partial charge is 0.419 e. The third-order valence-electron chi connectivity index (χ3n) is 5.11. The predicted octanol–water partition coefficient (Wildman–Crippen LogP) is 4.20. The summed E-state index contributed by atoms with van der Waals surface area (Å²) in [4.78, 5) is 3.07. The molecule has 0 saturated heterocycles. The van der Waals surface area contributed by atoms with E-state index in [9.17, 15) is 12.8 Å². The molecule has 7 nitrogen and oxygen atoms in total. The summed E-state index contributed by atoms with van der Waals surface area (Å²) in [7, 11) is -4.02. The van der Waals surface area contributed by atoms with Gasteiger partial charge in [0.15, 0.2) is 0 Å². The Morgan fingerprint density at radius 1 is 1.21 bits per heavy atom. The Balaban J connectivity index is 1.70. The van der Waals surface area contributed by atoms with Crippen molar-refractivity contribution >= 4 is 15.7 Å². The molecule has 1 aliphatic rings. The minimum Gasteiger partial charge on any atom is -0.419 e. The van der Waals surface area contributed by atoms with Crippen LogP contribution in [0.25, 0.3) is 11.6 Å². The SMILES string of the molecule is Cc1ccc(F)c(NS(=O)(=O)c2c(C)[nH]c(-c3nnc(C4CCC4)o3)c2C)c1. The summed E-state index contributed by atoms with van der Waals surface area (Å²) < 4.78 is 48.1. The lowest BCUT2D eigenvalue weighted by molar-refractivity contribution is 0.338. The van der Waals surface area contributed by atoms with E-state index in [1.807, 2.05) is 0 Å². The Labute approximate surface area is 162 Å². The number of nitrogens with one attached hydrogen (secondary N) is 2. The maximum absolute atomic E-state index is 14.0. The van der Waals surface area contributed by atoms with Crippen LogP contribution in [-0.4, -0.2) is 23.6 Å². The molecule has 2 aromatic heterocycles. The number of aryl methyl sites for hydroxylation is 2. The lowest BCUT2D eigenvalue weighted by Crippen LogP contribution is -2.15. The first-order valence-electron chi connectivity index (χ1n) is 9.08. The molecular weight excluding hydrogens is 383 g/mol. The molecule has 2 N–H and O–H groups in total. The Morgan fingerprint density at radius 3 is 2.64 bits per heavy atom. The highest BCUT2D eigenvalue weighted by atomic mass is 32.2. The van der Waals surface area contributed by atoms with Gasteiger partial charge in [0.1, 0.15) is 16.4 Å². The Bertz CT molecular complexity index is 1150. The number of rotatable bonds is 5. The van der Waals surface area contributed by atoms with Gasteiger partial charge in [0, 0.05) is 17.2 Å². The van der Waals surface area contributed by atoms with Crippen LogP contribution in [0.15, 0.2) is 27.5 Å². The Kier molecular flexibility index (Phi) is 4.49. The second kappa shape index (κ2) is 6.73. The fraction of sp³-hybridized carbons (Fsp3) is 0.368. The Morgan fingerprint density at radius 2 is 1.96 bits per heavy atom. The van der Waals surface area contributed by atoms with Crippen LogP contribution in [-0.2, 0) is 10.0 Å². The number of halogens is 1. The third-order valence-corrected chi connectivity index (χ3v) is 6.75. The number of hydrogen-bond acceptors (Lipinski definition) is 5. The van der Waals surface area contributed by atoms with Gasteiger partial charge in [-0.1, -0.05) is 12.5 Å². The second-order valence-corrected chi connectivity index (χ2v) is 8.86. The third kappa shape index (κ3) is 3.19. The van der Waals surface area contributed by atoms with Crippen LogP contribution in [0.3, 0.4) is 0 Å². The molecule has 4 rings (SSSR count). The highest BCUT2D eigenvalue weighted by molar-refractivity contribution is 7.92. The van der Waals surface area contributed by atoms with Crippen LogP contribution in [0.4, 0.5) is 10.1 Å². The summed E-state index contributed by atoms with van der Waals surface area (Å²) in [5, 5.41) is 8.17. The van der Waals surface area contributed by atoms with Gasteiger partial charge < -0.3 is 9.40 Å². The van der Waals surface area contributed by atoms with Gasteiger partial charge in [0.05, 0.1) is 5.69 Å². The fourth-order valence-electron chi connectivity index (χ4n) is 3.42. The number of hydrogen-bond donors (Lipinski definition) is 2. The zero-order chi connectivity index (χ0) is 20.1. The summed E-state index contributed by atoms with van der Waals surface area (Å²) in [6, 6.07) is 4.26. The molecule has 0 aliphatic heterocycles. The molecule has 0 bridgehead atoms. The molecule has 148 valence electrons. The molecule has 3 aromatic rings. The van der Waals surface area contributed by atoms with Crippen molar-refractivity contribution in [1.29, 1.82) is 0 Å². The van der Waals surface area contributed by atoms with E-state index >= 15 is 0 Å². The van der Waals surface area contributed by atoms with E-state index in [-0.39, 0.29) is 22.4 Å². The fourth-order valence-corrected chi connectivity index (χ4v) is 4.93. The summed E-state index contributed by atoms with van der Waals surface area (Å²) >= 11 is 0. The maximum atomic E-state index is 14.0. The Hall–Kier alpha value is -2.68. The van der Waals surface area contributed by atoms with E-state index < -0.39 is 15.8 Å². The van der Waals surface area contributed by atoms with Crippen LogP contribution < -0.4 is 4.72 Å². The molecule has 0 unspecified atom stereocenters. The number of aromatic amines is 1. The average Bonchev–Trinajstić information content (AvgIpc) is 3.14. The number of aromatic nitrogens is 3. The van der Waals surface area contributed by atoms with E-state index in [4.69, 9.17) is 4.42 Å². The van der Waals surface area contributed by atoms with Gasteiger partial charge in [0.25, 0.3) is 15.9 Å². The van der Waals surface area contributed by atoms with Crippen molar-refractivity contribution in [1.82, 2.24) is 15.2 Å². The monoisotopic (exact) mass is 404 g/mol. The van der Waals surface area contributed by atoms with Crippen LogP contribution in [0, 0.1) is 26.6 Å². The first kappa shape index (κ1) is 18.7. The van der Waals surface area contributed by atoms with E-state index in [1.165, 1.54) is 12.1 Å². The topological polar surface area (TPSA) is 101 Å². The molecule has 0 radical (unpaired) electrons. The molecule has 9 heteroatoms. The molecule has 1 fully saturated rings. The lowest BCUT2D eigenvalue weighted by atomic mass is 9.85. The summed E-state index contributed by atoms with van der Waals surface area (Å²) in [6.45, 7) is 5.06. The second-order valence-electron chi connectivity index (χ2n) is 7.24. The van der Waals surface area contributed by atoms with Gasteiger partial charge >= 0.3 is 0 Å². The lowest BCUT2D eigenvalue weighted by Gasteiger charge is -2.20. The van der Waals surface area contributed by atoms with Gasteiger partial charge in [-0.15, -0.1) is 10.2 Å². The highest BCUT2D eigenvalue weighted by Gasteiger charge is 2.29. The van der Waals surface area contributed by atoms with Gasteiger partial charge in [-0.05, 0) is 51.3 Å². The standard InChI is InChI=1S/C19H21FN4O3S/c1-10-7-8-14(20)15(9-10)24-28(25,26)17-11(2)16(21-12(17)3)19-23-22-18(27-19)13-5-4-6-13/h7-9,13,21,24H,4-6H2,1-3H3. The minimum absolute atomic E-state index is 0.0480. The van der Waals surface area contributed by atoms with Crippen LogP contribution >= 0.6 is 0 Å². The van der Waals surface area contributed by atoms with Gasteiger partial charge in [0.2, 0.25) is 5.89 Å². The molecule has 1 aliphatic carbocycles. The van der Waals surface area contributed by atoms with Crippen LogP contribution in [0.1, 0.15) is 47.9 Å². The van der Waals surface area contributed by atoms with Crippen LogP contribution in [0.5, 0.6) is 0 Å².